The van der Waals surface area contributed by atoms with E-state index >= 15 is 0 Å². The maximum Gasteiger partial charge on any atom is 0.256 e. The van der Waals surface area contributed by atoms with Gasteiger partial charge in [-0.25, -0.2) is 4.39 Å². The van der Waals surface area contributed by atoms with Crippen LogP contribution in [0.15, 0.2) is 71.3 Å². The molecule has 4 nitrogen and oxygen atoms in total. The average Bonchev–Trinajstić information content (AvgIpc) is 2.63. The molecule has 1 heterocycles. The topological polar surface area (TPSA) is 68.1 Å². The van der Waals surface area contributed by atoms with E-state index in [0.29, 0.717) is 23.0 Å². The summed E-state index contributed by atoms with van der Waals surface area (Å²) in [7, 11) is 0. The van der Waals surface area contributed by atoms with Gasteiger partial charge in [0.05, 0.1) is 6.33 Å². The second kappa shape index (κ2) is 7.10. The van der Waals surface area contributed by atoms with Gasteiger partial charge in [-0.1, -0.05) is 30.3 Å². The number of nitrogens with two attached hydrogens (primary N) is 1. The molecule has 0 aliphatic carbocycles. The predicted octanol–water partition coefficient (Wildman–Crippen LogP) is 3.39. The van der Waals surface area contributed by atoms with Gasteiger partial charge >= 0.3 is 0 Å². The molecule has 0 amide bonds. The number of pyridine rings is 1. The van der Waals surface area contributed by atoms with E-state index in [0.717, 1.165) is 16.6 Å². The Morgan fingerprint density at radius 1 is 1.17 bits per heavy atom. The van der Waals surface area contributed by atoms with Gasteiger partial charge in [0.15, 0.2) is 0 Å². The molecule has 2 aromatic carbocycles. The number of halogens is 1. The van der Waals surface area contributed by atoms with Crippen molar-refractivity contribution in [3.05, 3.63) is 76.9 Å². The molecule has 3 aromatic rings. The maximum atomic E-state index is 12.5. The molecule has 0 unspecified atom stereocenters. The van der Waals surface area contributed by atoms with E-state index in [1.807, 2.05) is 36.4 Å². The minimum absolute atomic E-state index is 0.0766. The number of fused-ring (bicyclic) bond motifs is 1. The van der Waals surface area contributed by atoms with Gasteiger partial charge in [0.1, 0.15) is 12.4 Å². The summed E-state index contributed by atoms with van der Waals surface area (Å²) in [4.78, 5) is 15.2. The molecular formula is C19H17FN2O2. The number of aromatic nitrogens is 1. The number of aromatic amines is 1. The van der Waals surface area contributed by atoms with Crippen LogP contribution in [0.3, 0.4) is 0 Å². The van der Waals surface area contributed by atoms with E-state index in [-0.39, 0.29) is 18.7 Å². The summed E-state index contributed by atoms with van der Waals surface area (Å²) in [6, 6.07) is 16.6. The van der Waals surface area contributed by atoms with Crippen molar-refractivity contribution in [2.45, 2.75) is 0 Å². The molecule has 0 bridgehead atoms. The van der Waals surface area contributed by atoms with Crippen molar-refractivity contribution in [3.63, 3.8) is 0 Å². The Labute approximate surface area is 138 Å². The van der Waals surface area contributed by atoms with Crippen LogP contribution in [-0.4, -0.2) is 18.1 Å². The summed E-state index contributed by atoms with van der Waals surface area (Å²) in [6.07, 6.45) is 0.458. The van der Waals surface area contributed by atoms with Gasteiger partial charge in [0, 0.05) is 23.2 Å². The first-order chi connectivity index (χ1) is 11.7. The third-order valence-corrected chi connectivity index (χ3v) is 3.74. The number of H-pyrrole nitrogens is 1. The minimum Gasteiger partial charge on any atom is -0.489 e. The number of nitrogens with one attached hydrogen (secondary N) is 1. The fourth-order valence-electron chi connectivity index (χ4n) is 2.42. The van der Waals surface area contributed by atoms with Crippen LogP contribution < -0.4 is 16.0 Å². The van der Waals surface area contributed by atoms with Crippen LogP contribution in [0.25, 0.3) is 22.0 Å². The van der Waals surface area contributed by atoms with E-state index in [1.54, 1.807) is 18.2 Å². The molecule has 0 fully saturated rings. The molecule has 0 saturated carbocycles. The Hall–Kier alpha value is -2.92. The summed E-state index contributed by atoms with van der Waals surface area (Å²) in [6.45, 7) is 0.176. The van der Waals surface area contributed by atoms with Gasteiger partial charge in [-0.3, -0.25) is 4.79 Å². The van der Waals surface area contributed by atoms with Crippen molar-refractivity contribution < 1.29 is 9.13 Å². The third kappa shape index (κ3) is 3.36. The van der Waals surface area contributed by atoms with Gasteiger partial charge in [0.25, 0.3) is 5.56 Å². The normalized spacial score (nSPS) is 11.7. The lowest BCUT2D eigenvalue weighted by Crippen LogP contribution is -2.11. The largest absolute Gasteiger partial charge is 0.489 e. The predicted molar refractivity (Wildman–Crippen MR) is 93.7 cm³/mol. The first-order valence-electron chi connectivity index (χ1n) is 7.55. The molecule has 3 rings (SSSR count). The standard InChI is InChI=1S/C19H17FN2O2/c20-10-13(11-21)12-24-16-6-7-17-15(8-16)9-18(22-19(17)23)14-4-2-1-3-5-14/h1-10H,11-12,21H2,(H,22,23)/b13-10+. The van der Waals surface area contributed by atoms with Crippen molar-refractivity contribution in [3.8, 4) is 17.0 Å². The van der Waals surface area contributed by atoms with Crippen LogP contribution in [-0.2, 0) is 0 Å². The molecule has 24 heavy (non-hydrogen) atoms. The molecule has 0 aliphatic rings. The van der Waals surface area contributed by atoms with Crippen LogP contribution in [0.5, 0.6) is 5.75 Å². The zero-order chi connectivity index (χ0) is 16.9. The number of rotatable bonds is 5. The molecule has 0 radical (unpaired) electrons. The number of hydrogen-bond acceptors (Lipinski definition) is 3. The number of benzene rings is 2. The molecule has 0 saturated heterocycles. The van der Waals surface area contributed by atoms with Gasteiger partial charge < -0.3 is 15.5 Å². The highest BCUT2D eigenvalue weighted by molar-refractivity contribution is 5.86. The molecule has 1 aromatic heterocycles. The second-order valence-corrected chi connectivity index (χ2v) is 5.39. The average molecular weight is 324 g/mol. The van der Waals surface area contributed by atoms with Crippen LogP contribution in [0.1, 0.15) is 0 Å². The molecule has 5 heteroatoms. The monoisotopic (exact) mass is 324 g/mol. The molecule has 0 atom stereocenters. The highest BCUT2D eigenvalue weighted by Gasteiger charge is 2.06. The molecule has 3 N–H and O–H groups in total. The van der Waals surface area contributed by atoms with Gasteiger partial charge in [-0.05, 0) is 35.2 Å². The fraction of sp³-hybridized carbons (Fsp3) is 0.105. The van der Waals surface area contributed by atoms with Crippen LogP contribution in [0.4, 0.5) is 4.39 Å². The first kappa shape index (κ1) is 16.0. The number of ether oxygens (including phenoxy) is 1. The van der Waals surface area contributed by atoms with Crippen molar-refractivity contribution in [1.29, 1.82) is 0 Å². The number of hydrogen-bond donors (Lipinski definition) is 2. The lowest BCUT2D eigenvalue weighted by Gasteiger charge is -2.09. The highest BCUT2D eigenvalue weighted by atomic mass is 19.1. The fourth-order valence-corrected chi connectivity index (χ4v) is 2.42. The molecular weight excluding hydrogens is 307 g/mol. The summed E-state index contributed by atoms with van der Waals surface area (Å²) < 4.78 is 18.1. The van der Waals surface area contributed by atoms with Crippen molar-refractivity contribution in [1.82, 2.24) is 4.98 Å². The van der Waals surface area contributed by atoms with E-state index in [2.05, 4.69) is 4.98 Å². The Balaban J connectivity index is 1.97. The van der Waals surface area contributed by atoms with Crippen LogP contribution >= 0.6 is 0 Å². The zero-order valence-electron chi connectivity index (χ0n) is 13.0. The van der Waals surface area contributed by atoms with Gasteiger partial charge in [0.2, 0.25) is 0 Å². The Kier molecular flexibility index (Phi) is 4.72. The van der Waals surface area contributed by atoms with Gasteiger partial charge in [-0.2, -0.15) is 0 Å². The van der Waals surface area contributed by atoms with Crippen molar-refractivity contribution >= 4 is 10.8 Å². The Morgan fingerprint density at radius 2 is 1.96 bits per heavy atom. The van der Waals surface area contributed by atoms with Crippen LogP contribution in [0, 0.1) is 0 Å². The Morgan fingerprint density at radius 3 is 2.67 bits per heavy atom. The lowest BCUT2D eigenvalue weighted by molar-refractivity contribution is 0.348. The second-order valence-electron chi connectivity index (χ2n) is 5.39. The summed E-state index contributed by atoms with van der Waals surface area (Å²) in [5, 5.41) is 1.33. The molecule has 0 aliphatic heterocycles. The van der Waals surface area contributed by atoms with Crippen molar-refractivity contribution in [2.75, 3.05) is 13.2 Å². The molecule has 0 spiro atoms. The summed E-state index contributed by atoms with van der Waals surface area (Å²) in [5.74, 6) is 0.555. The van der Waals surface area contributed by atoms with E-state index in [9.17, 15) is 9.18 Å². The molecule has 122 valence electrons. The maximum absolute atomic E-state index is 12.5. The summed E-state index contributed by atoms with van der Waals surface area (Å²) in [5.41, 5.74) is 7.27. The van der Waals surface area contributed by atoms with E-state index < -0.39 is 0 Å². The van der Waals surface area contributed by atoms with E-state index in [4.69, 9.17) is 10.5 Å². The zero-order valence-corrected chi connectivity index (χ0v) is 13.0. The van der Waals surface area contributed by atoms with Gasteiger partial charge in [-0.15, -0.1) is 0 Å². The summed E-state index contributed by atoms with van der Waals surface area (Å²) >= 11 is 0. The first-order valence-corrected chi connectivity index (χ1v) is 7.55. The highest BCUT2D eigenvalue weighted by Crippen LogP contribution is 2.23. The smallest absolute Gasteiger partial charge is 0.256 e. The quantitative estimate of drug-likeness (QED) is 0.756. The Bertz CT molecular complexity index is 933. The van der Waals surface area contributed by atoms with E-state index in [1.165, 1.54) is 0 Å². The minimum atomic E-state index is -0.163. The SMILES string of the molecule is NC/C(=C\F)COc1ccc2c(=O)[nH]c(-c3ccccc3)cc2c1. The van der Waals surface area contributed by atoms with Crippen molar-refractivity contribution in [2.24, 2.45) is 5.73 Å². The third-order valence-electron chi connectivity index (χ3n) is 3.74. The lowest BCUT2D eigenvalue weighted by atomic mass is 10.1. The van der Waals surface area contributed by atoms with Crippen LogP contribution in [0.2, 0.25) is 0 Å².